The zero-order valence-electron chi connectivity index (χ0n) is 9.48. The van der Waals surface area contributed by atoms with Crippen molar-refractivity contribution in [2.24, 2.45) is 0 Å². The standard InChI is InChI=1S/C12H17NO3/c1-2-9-4-3-7-13(9)8-10-5-6-11(16-10)12(14)15/h5-6,9H,2-4,7-8H2,1H3,(H,14,15). The molecule has 0 radical (unpaired) electrons. The fourth-order valence-corrected chi connectivity index (χ4v) is 2.34. The molecule has 0 saturated carbocycles. The average molecular weight is 223 g/mol. The van der Waals surface area contributed by atoms with Crippen molar-refractivity contribution in [1.82, 2.24) is 4.90 Å². The number of hydrogen-bond acceptors (Lipinski definition) is 3. The van der Waals surface area contributed by atoms with Gasteiger partial charge in [0.1, 0.15) is 5.76 Å². The van der Waals surface area contributed by atoms with Crippen molar-refractivity contribution < 1.29 is 14.3 Å². The molecule has 0 aliphatic carbocycles. The molecule has 1 fully saturated rings. The molecule has 1 aliphatic rings. The van der Waals surface area contributed by atoms with Gasteiger partial charge < -0.3 is 9.52 Å². The van der Waals surface area contributed by atoms with Crippen LogP contribution in [0.15, 0.2) is 16.5 Å². The maximum absolute atomic E-state index is 10.7. The average Bonchev–Trinajstić information content (AvgIpc) is 2.87. The number of rotatable bonds is 4. The summed E-state index contributed by atoms with van der Waals surface area (Å²) in [6.07, 6.45) is 3.61. The van der Waals surface area contributed by atoms with E-state index in [9.17, 15) is 4.79 Å². The van der Waals surface area contributed by atoms with E-state index in [0.717, 1.165) is 25.3 Å². The molecular formula is C12H17NO3. The van der Waals surface area contributed by atoms with Gasteiger partial charge in [-0.05, 0) is 37.9 Å². The summed E-state index contributed by atoms with van der Waals surface area (Å²) in [5.74, 6) is -0.222. The third-order valence-electron chi connectivity index (χ3n) is 3.20. The third-order valence-corrected chi connectivity index (χ3v) is 3.20. The number of carboxylic acids is 1. The largest absolute Gasteiger partial charge is 0.475 e. The molecule has 1 N–H and O–H groups in total. The van der Waals surface area contributed by atoms with Gasteiger partial charge in [-0.1, -0.05) is 6.92 Å². The van der Waals surface area contributed by atoms with Crippen molar-refractivity contribution in [3.8, 4) is 0 Å². The van der Waals surface area contributed by atoms with Crippen LogP contribution in [0.4, 0.5) is 0 Å². The zero-order valence-corrected chi connectivity index (χ0v) is 9.48. The Hall–Kier alpha value is -1.29. The molecule has 0 amide bonds. The quantitative estimate of drug-likeness (QED) is 0.851. The van der Waals surface area contributed by atoms with E-state index in [2.05, 4.69) is 11.8 Å². The molecule has 1 aromatic heterocycles. The molecule has 16 heavy (non-hydrogen) atoms. The van der Waals surface area contributed by atoms with Crippen molar-refractivity contribution in [3.63, 3.8) is 0 Å². The van der Waals surface area contributed by atoms with Crippen LogP contribution >= 0.6 is 0 Å². The zero-order chi connectivity index (χ0) is 11.5. The van der Waals surface area contributed by atoms with Crippen LogP contribution in [-0.2, 0) is 6.54 Å². The van der Waals surface area contributed by atoms with Gasteiger partial charge >= 0.3 is 5.97 Å². The highest BCUT2D eigenvalue weighted by atomic mass is 16.4. The Morgan fingerprint density at radius 1 is 1.62 bits per heavy atom. The van der Waals surface area contributed by atoms with E-state index in [1.807, 2.05) is 0 Å². The number of carbonyl (C=O) groups is 1. The van der Waals surface area contributed by atoms with Crippen molar-refractivity contribution in [1.29, 1.82) is 0 Å². The molecule has 1 aliphatic heterocycles. The maximum Gasteiger partial charge on any atom is 0.371 e. The Bertz CT molecular complexity index is 372. The lowest BCUT2D eigenvalue weighted by atomic mass is 10.2. The van der Waals surface area contributed by atoms with E-state index in [4.69, 9.17) is 9.52 Å². The van der Waals surface area contributed by atoms with Crippen LogP contribution in [0.3, 0.4) is 0 Å². The number of carboxylic acid groups (broad SMARTS) is 1. The highest BCUT2D eigenvalue weighted by molar-refractivity contribution is 5.84. The number of likely N-dealkylation sites (tertiary alicyclic amines) is 1. The van der Waals surface area contributed by atoms with Crippen molar-refractivity contribution in [3.05, 3.63) is 23.7 Å². The second-order valence-electron chi connectivity index (χ2n) is 4.25. The van der Waals surface area contributed by atoms with Gasteiger partial charge in [-0.15, -0.1) is 0 Å². The second kappa shape index (κ2) is 4.70. The first kappa shape index (κ1) is 11.2. The molecule has 0 spiro atoms. The summed E-state index contributed by atoms with van der Waals surface area (Å²) in [7, 11) is 0. The molecule has 1 aromatic rings. The predicted molar refractivity (Wildman–Crippen MR) is 59.4 cm³/mol. The summed E-state index contributed by atoms with van der Waals surface area (Å²) in [6, 6.07) is 3.90. The molecule has 88 valence electrons. The SMILES string of the molecule is CCC1CCCN1Cc1ccc(C(=O)O)o1. The van der Waals surface area contributed by atoms with Gasteiger partial charge in [0.15, 0.2) is 0 Å². The number of nitrogens with zero attached hydrogens (tertiary/aromatic N) is 1. The third kappa shape index (κ3) is 2.27. The predicted octanol–water partition coefficient (Wildman–Crippen LogP) is 2.35. The van der Waals surface area contributed by atoms with Gasteiger partial charge in [-0.3, -0.25) is 4.90 Å². The first-order chi connectivity index (χ1) is 7.70. The van der Waals surface area contributed by atoms with Gasteiger partial charge in [-0.25, -0.2) is 4.79 Å². The summed E-state index contributed by atoms with van der Waals surface area (Å²) >= 11 is 0. The Morgan fingerprint density at radius 2 is 2.44 bits per heavy atom. The lowest BCUT2D eigenvalue weighted by Gasteiger charge is -2.21. The summed E-state index contributed by atoms with van der Waals surface area (Å²) in [4.78, 5) is 13.0. The maximum atomic E-state index is 10.7. The smallest absolute Gasteiger partial charge is 0.371 e. The molecular weight excluding hydrogens is 206 g/mol. The van der Waals surface area contributed by atoms with E-state index in [1.54, 1.807) is 6.07 Å². The lowest BCUT2D eigenvalue weighted by Crippen LogP contribution is -2.27. The highest BCUT2D eigenvalue weighted by Gasteiger charge is 2.23. The number of hydrogen-bond donors (Lipinski definition) is 1. The molecule has 1 atom stereocenters. The molecule has 1 saturated heterocycles. The molecule has 0 bridgehead atoms. The highest BCUT2D eigenvalue weighted by Crippen LogP contribution is 2.22. The second-order valence-corrected chi connectivity index (χ2v) is 4.25. The van der Waals surface area contributed by atoms with Crippen LogP contribution in [-0.4, -0.2) is 28.6 Å². The summed E-state index contributed by atoms with van der Waals surface area (Å²) in [5.41, 5.74) is 0. The first-order valence-electron chi connectivity index (χ1n) is 5.76. The van der Waals surface area contributed by atoms with Crippen molar-refractivity contribution in [2.45, 2.75) is 38.8 Å². The van der Waals surface area contributed by atoms with Gasteiger partial charge in [0.05, 0.1) is 6.54 Å². The summed E-state index contributed by atoms with van der Waals surface area (Å²) in [5, 5.41) is 8.75. The van der Waals surface area contributed by atoms with Crippen LogP contribution in [0.5, 0.6) is 0 Å². The van der Waals surface area contributed by atoms with E-state index < -0.39 is 5.97 Å². The van der Waals surface area contributed by atoms with Crippen LogP contribution in [0, 0.1) is 0 Å². The minimum atomic E-state index is -1.00. The fraction of sp³-hybridized carbons (Fsp3) is 0.583. The van der Waals surface area contributed by atoms with E-state index in [0.29, 0.717) is 6.04 Å². The Labute approximate surface area is 94.9 Å². The Balaban J connectivity index is 2.00. The summed E-state index contributed by atoms with van der Waals surface area (Å²) < 4.78 is 5.26. The normalized spacial score (nSPS) is 21.4. The molecule has 4 nitrogen and oxygen atoms in total. The van der Waals surface area contributed by atoms with Crippen molar-refractivity contribution >= 4 is 5.97 Å². The fourth-order valence-electron chi connectivity index (χ4n) is 2.34. The minimum absolute atomic E-state index is 0.0299. The number of aromatic carboxylic acids is 1. The van der Waals surface area contributed by atoms with Gasteiger partial charge in [0.2, 0.25) is 5.76 Å². The van der Waals surface area contributed by atoms with Crippen LogP contribution in [0.2, 0.25) is 0 Å². The van der Waals surface area contributed by atoms with Crippen LogP contribution in [0.25, 0.3) is 0 Å². The van der Waals surface area contributed by atoms with Gasteiger partial charge in [0, 0.05) is 6.04 Å². The van der Waals surface area contributed by atoms with Crippen molar-refractivity contribution in [2.75, 3.05) is 6.54 Å². The lowest BCUT2D eigenvalue weighted by molar-refractivity contribution is 0.0658. The molecule has 2 rings (SSSR count). The molecule has 4 heteroatoms. The topological polar surface area (TPSA) is 53.7 Å². The Kier molecular flexibility index (Phi) is 3.29. The molecule has 1 unspecified atom stereocenters. The molecule has 2 heterocycles. The van der Waals surface area contributed by atoms with E-state index in [-0.39, 0.29) is 5.76 Å². The summed E-state index contributed by atoms with van der Waals surface area (Å²) in [6.45, 7) is 4.00. The van der Waals surface area contributed by atoms with Gasteiger partial charge in [-0.2, -0.15) is 0 Å². The Morgan fingerprint density at radius 3 is 3.06 bits per heavy atom. The van der Waals surface area contributed by atoms with Gasteiger partial charge in [0.25, 0.3) is 0 Å². The number of furan rings is 1. The van der Waals surface area contributed by atoms with E-state index in [1.165, 1.54) is 18.9 Å². The molecule has 0 aromatic carbocycles. The van der Waals surface area contributed by atoms with E-state index >= 15 is 0 Å². The monoisotopic (exact) mass is 223 g/mol. The van der Waals surface area contributed by atoms with Crippen LogP contribution in [0.1, 0.15) is 42.5 Å². The first-order valence-corrected chi connectivity index (χ1v) is 5.76. The van der Waals surface area contributed by atoms with Crippen LogP contribution < -0.4 is 0 Å². The minimum Gasteiger partial charge on any atom is -0.475 e.